The Kier molecular flexibility index (Phi) is 5.14. The normalized spacial score (nSPS) is 19.3. The van der Waals surface area contributed by atoms with E-state index in [0.717, 1.165) is 31.4 Å². The van der Waals surface area contributed by atoms with Crippen LogP contribution >= 0.6 is 0 Å². The molecule has 0 saturated carbocycles. The minimum Gasteiger partial charge on any atom is -0.364 e. The monoisotopic (exact) mass is 476 g/mol. The third-order valence-electron chi connectivity index (χ3n) is 6.83. The van der Waals surface area contributed by atoms with E-state index in [2.05, 4.69) is 35.5 Å². The van der Waals surface area contributed by atoms with Crippen LogP contribution in [0.2, 0.25) is 0 Å². The number of aromatic nitrogens is 5. The van der Waals surface area contributed by atoms with Gasteiger partial charge in [-0.25, -0.2) is 28.7 Å². The van der Waals surface area contributed by atoms with Crippen LogP contribution in [0, 0.1) is 18.6 Å². The number of nitrogens with one attached hydrogen (secondary N) is 2. The quantitative estimate of drug-likeness (QED) is 0.443. The van der Waals surface area contributed by atoms with Crippen LogP contribution in [-0.2, 0) is 0 Å². The smallest absolute Gasteiger partial charge is 0.229 e. The number of rotatable bonds is 5. The van der Waals surface area contributed by atoms with E-state index < -0.39 is 11.6 Å². The van der Waals surface area contributed by atoms with Gasteiger partial charge in [-0.2, -0.15) is 0 Å². The number of piperazine rings is 1. The molecule has 2 fully saturated rings. The molecular weight excluding hydrogens is 450 g/mol. The van der Waals surface area contributed by atoms with Gasteiger partial charge in [0.2, 0.25) is 5.95 Å². The van der Waals surface area contributed by atoms with E-state index in [9.17, 15) is 8.78 Å². The topological polar surface area (TPSA) is 83.8 Å². The second kappa shape index (κ2) is 8.23. The van der Waals surface area contributed by atoms with Gasteiger partial charge in [0, 0.05) is 36.8 Å². The summed E-state index contributed by atoms with van der Waals surface area (Å²) >= 11 is 0. The second-order valence-corrected chi connectivity index (χ2v) is 9.51. The van der Waals surface area contributed by atoms with E-state index >= 15 is 0 Å². The molecule has 2 aliphatic heterocycles. The molecule has 1 aromatic carbocycles. The Morgan fingerprint density at radius 2 is 1.94 bits per heavy atom. The number of anilines is 3. The van der Waals surface area contributed by atoms with Crippen LogP contribution in [0.25, 0.3) is 22.3 Å². The Morgan fingerprint density at radius 1 is 1.09 bits per heavy atom. The molecule has 2 N–H and O–H groups in total. The number of nitrogens with zero attached hydrogens (tertiary/aromatic N) is 6. The molecule has 0 amide bonds. The number of hydrogen-bond acceptors (Lipinski definition) is 7. The first-order chi connectivity index (χ1) is 16.9. The van der Waals surface area contributed by atoms with E-state index in [1.807, 2.05) is 43.7 Å². The maximum atomic E-state index is 14.9. The fourth-order valence-electron chi connectivity index (χ4n) is 5.31. The Morgan fingerprint density at radius 3 is 2.63 bits per heavy atom. The van der Waals surface area contributed by atoms with E-state index in [-0.39, 0.29) is 23.2 Å². The van der Waals surface area contributed by atoms with Crippen LogP contribution in [0.5, 0.6) is 0 Å². The lowest BCUT2D eigenvalue weighted by atomic mass is 10.1. The summed E-state index contributed by atoms with van der Waals surface area (Å²) in [5, 5.41) is 6.53. The molecule has 35 heavy (non-hydrogen) atoms. The predicted octanol–water partition coefficient (Wildman–Crippen LogP) is 4.35. The molecule has 2 bridgehead atoms. The van der Waals surface area contributed by atoms with Gasteiger partial charge in [-0.05, 0) is 51.5 Å². The Labute approximate surface area is 201 Å². The summed E-state index contributed by atoms with van der Waals surface area (Å²) in [6.07, 6.45) is 4.07. The summed E-state index contributed by atoms with van der Waals surface area (Å²) in [6, 6.07) is 7.99. The van der Waals surface area contributed by atoms with Crippen molar-refractivity contribution in [2.75, 3.05) is 23.3 Å². The van der Waals surface area contributed by atoms with Gasteiger partial charge < -0.3 is 20.1 Å². The molecule has 3 aromatic heterocycles. The molecule has 2 saturated heterocycles. The summed E-state index contributed by atoms with van der Waals surface area (Å²) in [5.74, 6) is 0.270. The standard InChI is InChI=1S/C25H26F2N8/c1-13(2)35-14(3)31-24-19(26)6-15(7-21(24)35)23-20(27)11-30-25(33-23)32-22-5-4-17(9-29-22)34-12-16-8-18(34)10-28-16/h4-7,9,11,13,16,18,28H,8,10,12H2,1-3H3,(H,29,30,32,33). The van der Waals surface area contributed by atoms with Crippen LogP contribution in [0.3, 0.4) is 0 Å². The van der Waals surface area contributed by atoms with Gasteiger partial charge in [0.25, 0.3) is 0 Å². The zero-order chi connectivity index (χ0) is 24.3. The van der Waals surface area contributed by atoms with Gasteiger partial charge >= 0.3 is 0 Å². The van der Waals surface area contributed by atoms with Gasteiger partial charge in [0.1, 0.15) is 22.9 Å². The molecule has 4 aromatic rings. The van der Waals surface area contributed by atoms with Crippen molar-refractivity contribution in [1.82, 2.24) is 29.8 Å². The first-order valence-corrected chi connectivity index (χ1v) is 11.8. The van der Waals surface area contributed by atoms with Gasteiger partial charge in [-0.15, -0.1) is 0 Å². The molecule has 0 spiro atoms. The highest BCUT2D eigenvalue weighted by atomic mass is 19.1. The van der Waals surface area contributed by atoms with Crippen LogP contribution in [0.4, 0.5) is 26.2 Å². The summed E-state index contributed by atoms with van der Waals surface area (Å²) in [6.45, 7) is 7.81. The SMILES string of the molecule is Cc1nc2c(F)cc(-c3nc(Nc4ccc(N5CC6CC5CN6)cn4)ncc3F)cc2n1C(C)C. The molecule has 2 unspecified atom stereocenters. The number of benzene rings is 1. The molecule has 10 heteroatoms. The molecule has 2 aliphatic rings. The zero-order valence-electron chi connectivity index (χ0n) is 19.8. The van der Waals surface area contributed by atoms with Crippen LogP contribution in [-0.4, -0.2) is 49.7 Å². The average Bonchev–Trinajstić information content (AvgIpc) is 3.55. The molecule has 6 rings (SSSR count). The maximum absolute atomic E-state index is 14.9. The van der Waals surface area contributed by atoms with Gasteiger partial charge in [0.15, 0.2) is 11.6 Å². The first kappa shape index (κ1) is 21.8. The number of pyridine rings is 1. The zero-order valence-corrected chi connectivity index (χ0v) is 19.8. The lowest BCUT2D eigenvalue weighted by Gasteiger charge is -2.29. The largest absolute Gasteiger partial charge is 0.364 e. The Bertz CT molecular complexity index is 1420. The maximum Gasteiger partial charge on any atom is 0.229 e. The number of fused-ring (bicyclic) bond motifs is 3. The fourth-order valence-corrected chi connectivity index (χ4v) is 5.31. The van der Waals surface area contributed by atoms with E-state index in [0.29, 0.717) is 34.8 Å². The number of imidazole rings is 1. The molecule has 0 aliphatic carbocycles. The Balaban J connectivity index is 1.29. The first-order valence-electron chi connectivity index (χ1n) is 11.8. The highest BCUT2D eigenvalue weighted by Gasteiger charge is 2.37. The van der Waals surface area contributed by atoms with Gasteiger partial charge in [-0.1, -0.05) is 0 Å². The lowest BCUT2D eigenvalue weighted by Crippen LogP contribution is -2.43. The number of hydrogen-bond donors (Lipinski definition) is 2. The lowest BCUT2D eigenvalue weighted by molar-refractivity contribution is 0.580. The number of aryl methyl sites for hydroxylation is 1. The van der Waals surface area contributed by atoms with Crippen molar-refractivity contribution in [2.45, 2.75) is 45.3 Å². The van der Waals surface area contributed by atoms with Crippen LogP contribution < -0.4 is 15.5 Å². The van der Waals surface area contributed by atoms with Gasteiger partial charge in [-0.3, -0.25) is 0 Å². The molecule has 5 heterocycles. The van der Waals surface area contributed by atoms with Crippen molar-refractivity contribution >= 4 is 28.5 Å². The highest BCUT2D eigenvalue weighted by Crippen LogP contribution is 2.31. The molecule has 8 nitrogen and oxygen atoms in total. The van der Waals surface area contributed by atoms with Crippen molar-refractivity contribution in [1.29, 1.82) is 0 Å². The third-order valence-corrected chi connectivity index (χ3v) is 6.83. The number of halogens is 2. The minimum absolute atomic E-state index is 0.00895. The summed E-state index contributed by atoms with van der Waals surface area (Å²) in [5.41, 5.74) is 2.27. The third kappa shape index (κ3) is 3.78. The molecular formula is C25H26F2N8. The predicted molar refractivity (Wildman–Crippen MR) is 131 cm³/mol. The van der Waals surface area contributed by atoms with Crippen molar-refractivity contribution < 1.29 is 8.78 Å². The minimum atomic E-state index is -0.636. The van der Waals surface area contributed by atoms with Gasteiger partial charge in [0.05, 0.1) is 23.6 Å². The summed E-state index contributed by atoms with van der Waals surface area (Å²) < 4.78 is 31.6. The summed E-state index contributed by atoms with van der Waals surface area (Å²) in [7, 11) is 0. The van der Waals surface area contributed by atoms with E-state index in [1.165, 1.54) is 6.07 Å². The fraction of sp³-hybridized carbons (Fsp3) is 0.360. The highest BCUT2D eigenvalue weighted by molar-refractivity contribution is 5.83. The molecule has 2 atom stereocenters. The van der Waals surface area contributed by atoms with E-state index in [1.54, 1.807) is 6.07 Å². The second-order valence-electron chi connectivity index (χ2n) is 9.51. The van der Waals surface area contributed by atoms with Crippen LogP contribution in [0.1, 0.15) is 32.1 Å². The van der Waals surface area contributed by atoms with Crippen molar-refractivity contribution in [3.63, 3.8) is 0 Å². The van der Waals surface area contributed by atoms with E-state index in [4.69, 9.17) is 0 Å². The van der Waals surface area contributed by atoms with Crippen molar-refractivity contribution in [3.8, 4) is 11.3 Å². The Hall–Kier alpha value is -3.66. The summed E-state index contributed by atoms with van der Waals surface area (Å²) in [4.78, 5) is 19.6. The van der Waals surface area contributed by atoms with Crippen molar-refractivity contribution in [3.05, 3.63) is 54.1 Å². The molecule has 180 valence electrons. The molecule has 0 radical (unpaired) electrons. The van der Waals surface area contributed by atoms with Crippen molar-refractivity contribution in [2.24, 2.45) is 0 Å². The van der Waals surface area contributed by atoms with Crippen LogP contribution in [0.15, 0.2) is 36.7 Å². The average molecular weight is 477 g/mol.